The molecule has 1 aromatic heterocycles. The summed E-state index contributed by atoms with van der Waals surface area (Å²) in [5.74, 6) is 0.101. The Morgan fingerprint density at radius 2 is 1.57 bits per heavy atom. The Morgan fingerprint density at radius 1 is 0.933 bits per heavy atom. The molecule has 2 N–H and O–H groups in total. The smallest absolute Gasteiger partial charge is 0.253 e. The fourth-order valence-electron chi connectivity index (χ4n) is 4.24. The first-order valence-electron chi connectivity index (χ1n) is 10.6. The van der Waals surface area contributed by atoms with Gasteiger partial charge >= 0.3 is 0 Å². The van der Waals surface area contributed by atoms with Crippen LogP contribution in [0.4, 0.5) is 11.4 Å². The molecule has 1 amide bonds. The van der Waals surface area contributed by atoms with E-state index in [1.807, 2.05) is 41.3 Å². The van der Waals surface area contributed by atoms with Gasteiger partial charge in [-0.2, -0.15) is 0 Å². The Labute approximate surface area is 178 Å². The lowest BCUT2D eigenvalue weighted by Crippen LogP contribution is -2.52. The van der Waals surface area contributed by atoms with Crippen molar-refractivity contribution in [3.05, 3.63) is 90.3 Å². The molecule has 1 saturated heterocycles. The van der Waals surface area contributed by atoms with Crippen LogP contribution >= 0.6 is 0 Å². The third-order valence-corrected chi connectivity index (χ3v) is 5.85. The number of pyridine rings is 1. The van der Waals surface area contributed by atoms with Gasteiger partial charge in [0.2, 0.25) is 0 Å². The summed E-state index contributed by atoms with van der Waals surface area (Å²) in [7, 11) is 0. The largest absolute Gasteiger partial charge is 0.355 e. The van der Waals surface area contributed by atoms with E-state index in [0.29, 0.717) is 0 Å². The molecule has 0 aliphatic carbocycles. The van der Waals surface area contributed by atoms with Gasteiger partial charge in [-0.05, 0) is 61.3 Å². The van der Waals surface area contributed by atoms with Crippen LogP contribution in [0.1, 0.15) is 35.7 Å². The monoisotopic (exact) mass is 400 g/mol. The zero-order chi connectivity index (χ0) is 20.8. The summed E-state index contributed by atoms with van der Waals surface area (Å²) < 4.78 is 0. The van der Waals surface area contributed by atoms with E-state index >= 15 is 0 Å². The second-order valence-electron chi connectivity index (χ2n) is 7.71. The topological polar surface area (TPSA) is 57.3 Å². The molecule has 5 heteroatoms. The highest BCUT2D eigenvalue weighted by molar-refractivity contribution is 5.94. The number of carbonyl (C=O) groups excluding carboxylic acids is 1. The first kappa shape index (κ1) is 20.1. The Kier molecular flexibility index (Phi) is 6.10. The number of likely N-dealkylation sites (tertiary alicyclic amines) is 1. The first-order valence-corrected chi connectivity index (χ1v) is 10.6. The number of rotatable bonds is 6. The normalized spacial score (nSPS) is 15.6. The zero-order valence-corrected chi connectivity index (χ0v) is 17.3. The van der Waals surface area contributed by atoms with Crippen LogP contribution in [0.2, 0.25) is 0 Å². The van der Waals surface area contributed by atoms with E-state index in [-0.39, 0.29) is 11.4 Å². The van der Waals surface area contributed by atoms with Crippen molar-refractivity contribution in [3.63, 3.8) is 0 Å². The minimum absolute atomic E-state index is 0.0505. The summed E-state index contributed by atoms with van der Waals surface area (Å²) >= 11 is 0. The van der Waals surface area contributed by atoms with Gasteiger partial charge in [0.25, 0.3) is 5.91 Å². The zero-order valence-electron chi connectivity index (χ0n) is 17.3. The summed E-state index contributed by atoms with van der Waals surface area (Å²) in [6.07, 6.45) is 5.33. The molecule has 0 radical (unpaired) electrons. The molecule has 0 spiro atoms. The maximum absolute atomic E-state index is 13.1. The SMILES string of the molecule is CCNC1(c2ccccc2)CCN(C(=O)c2ccc(Nc3ccncc3)cc2)CC1. The molecule has 5 nitrogen and oxygen atoms in total. The molecule has 30 heavy (non-hydrogen) atoms. The lowest BCUT2D eigenvalue weighted by Gasteiger charge is -2.43. The Hall–Kier alpha value is -3.18. The Morgan fingerprint density at radius 3 is 2.20 bits per heavy atom. The van der Waals surface area contributed by atoms with E-state index < -0.39 is 0 Å². The number of nitrogens with zero attached hydrogens (tertiary/aromatic N) is 2. The van der Waals surface area contributed by atoms with Gasteiger partial charge in [-0.25, -0.2) is 0 Å². The van der Waals surface area contributed by atoms with Crippen LogP contribution in [0.3, 0.4) is 0 Å². The number of carbonyl (C=O) groups is 1. The average molecular weight is 401 g/mol. The highest BCUT2D eigenvalue weighted by atomic mass is 16.2. The molecule has 0 atom stereocenters. The van der Waals surface area contributed by atoms with E-state index in [0.717, 1.165) is 49.4 Å². The van der Waals surface area contributed by atoms with Crippen molar-refractivity contribution in [2.45, 2.75) is 25.3 Å². The summed E-state index contributed by atoms with van der Waals surface area (Å²) in [5, 5.41) is 7.01. The van der Waals surface area contributed by atoms with Crippen molar-refractivity contribution >= 4 is 17.3 Å². The van der Waals surface area contributed by atoms with Gasteiger partial charge in [-0.15, -0.1) is 0 Å². The number of hydrogen-bond donors (Lipinski definition) is 2. The van der Waals surface area contributed by atoms with Crippen LogP contribution in [-0.4, -0.2) is 35.4 Å². The van der Waals surface area contributed by atoms with E-state index in [1.54, 1.807) is 12.4 Å². The molecule has 154 valence electrons. The minimum Gasteiger partial charge on any atom is -0.355 e. The molecule has 3 aromatic rings. The van der Waals surface area contributed by atoms with Crippen molar-refractivity contribution in [1.82, 2.24) is 15.2 Å². The third kappa shape index (κ3) is 4.36. The van der Waals surface area contributed by atoms with E-state index in [4.69, 9.17) is 0 Å². The fourth-order valence-corrected chi connectivity index (χ4v) is 4.24. The third-order valence-electron chi connectivity index (χ3n) is 5.85. The number of piperidine rings is 1. The number of aromatic nitrogens is 1. The number of hydrogen-bond acceptors (Lipinski definition) is 4. The molecular weight excluding hydrogens is 372 g/mol. The quantitative estimate of drug-likeness (QED) is 0.637. The number of amides is 1. The highest BCUT2D eigenvalue weighted by Crippen LogP contribution is 2.33. The van der Waals surface area contributed by atoms with Crippen molar-refractivity contribution < 1.29 is 4.79 Å². The summed E-state index contributed by atoms with van der Waals surface area (Å²) in [6.45, 7) is 4.55. The van der Waals surface area contributed by atoms with Crippen LogP contribution in [-0.2, 0) is 5.54 Å². The van der Waals surface area contributed by atoms with Gasteiger partial charge < -0.3 is 15.5 Å². The average Bonchev–Trinajstić information content (AvgIpc) is 2.81. The van der Waals surface area contributed by atoms with E-state index in [2.05, 4.69) is 52.9 Å². The number of nitrogens with one attached hydrogen (secondary N) is 2. The van der Waals surface area contributed by atoms with Crippen molar-refractivity contribution in [2.24, 2.45) is 0 Å². The summed E-state index contributed by atoms with van der Waals surface area (Å²) in [5.41, 5.74) is 3.91. The summed E-state index contributed by atoms with van der Waals surface area (Å²) in [4.78, 5) is 19.1. The second-order valence-corrected chi connectivity index (χ2v) is 7.71. The van der Waals surface area contributed by atoms with Gasteiger partial charge in [0, 0.05) is 48.0 Å². The van der Waals surface area contributed by atoms with Gasteiger partial charge in [0.05, 0.1) is 0 Å². The molecule has 1 aliphatic rings. The van der Waals surface area contributed by atoms with E-state index in [1.165, 1.54) is 5.56 Å². The van der Waals surface area contributed by atoms with Gasteiger partial charge in [0.15, 0.2) is 0 Å². The molecular formula is C25H28N4O. The van der Waals surface area contributed by atoms with Crippen LogP contribution in [0.25, 0.3) is 0 Å². The molecule has 0 unspecified atom stereocenters. The van der Waals surface area contributed by atoms with Crippen LogP contribution in [0, 0.1) is 0 Å². The molecule has 0 bridgehead atoms. The van der Waals surface area contributed by atoms with E-state index in [9.17, 15) is 4.79 Å². The predicted octanol–water partition coefficient (Wildman–Crippen LogP) is 4.57. The molecule has 4 rings (SSSR count). The van der Waals surface area contributed by atoms with Gasteiger partial charge in [0.1, 0.15) is 0 Å². The van der Waals surface area contributed by atoms with Crippen LogP contribution in [0.15, 0.2) is 79.1 Å². The second kappa shape index (κ2) is 9.09. The number of benzene rings is 2. The lowest BCUT2D eigenvalue weighted by atomic mass is 9.80. The minimum atomic E-state index is -0.0505. The summed E-state index contributed by atoms with van der Waals surface area (Å²) in [6, 6.07) is 22.1. The van der Waals surface area contributed by atoms with Crippen LogP contribution < -0.4 is 10.6 Å². The Bertz CT molecular complexity index is 949. The highest BCUT2D eigenvalue weighted by Gasteiger charge is 2.36. The van der Waals surface area contributed by atoms with Crippen molar-refractivity contribution in [3.8, 4) is 0 Å². The molecule has 2 heterocycles. The molecule has 1 aliphatic heterocycles. The maximum Gasteiger partial charge on any atom is 0.253 e. The lowest BCUT2D eigenvalue weighted by molar-refractivity contribution is 0.0639. The standard InChI is InChI=1S/C25H28N4O/c1-2-27-25(21-6-4-3-5-7-21)14-18-29(19-15-25)24(30)20-8-10-22(11-9-20)28-23-12-16-26-17-13-23/h3-13,16-17,27H,2,14-15,18-19H2,1H3,(H,26,28). The Balaban J connectivity index is 1.41. The fraction of sp³-hybridized carbons (Fsp3) is 0.280. The maximum atomic E-state index is 13.1. The molecule has 1 fully saturated rings. The van der Waals surface area contributed by atoms with Crippen molar-refractivity contribution in [2.75, 3.05) is 25.0 Å². The van der Waals surface area contributed by atoms with Gasteiger partial charge in [-0.3, -0.25) is 9.78 Å². The number of anilines is 2. The van der Waals surface area contributed by atoms with Crippen LogP contribution in [0.5, 0.6) is 0 Å². The first-order chi connectivity index (χ1) is 14.7. The van der Waals surface area contributed by atoms with Gasteiger partial charge in [-0.1, -0.05) is 37.3 Å². The predicted molar refractivity (Wildman–Crippen MR) is 121 cm³/mol. The molecule has 2 aromatic carbocycles. The molecule has 0 saturated carbocycles. The van der Waals surface area contributed by atoms with Crippen molar-refractivity contribution in [1.29, 1.82) is 0 Å².